The Bertz CT molecular complexity index is 849. The zero-order chi connectivity index (χ0) is 18.4. The molecule has 132 valence electrons. The molecule has 0 radical (unpaired) electrons. The second-order valence-electron chi connectivity index (χ2n) is 5.84. The quantitative estimate of drug-likeness (QED) is 0.632. The monoisotopic (exact) mass is 350 g/mol. The van der Waals surface area contributed by atoms with Gasteiger partial charge < -0.3 is 15.5 Å². The number of furan rings is 1. The molecule has 0 spiro atoms. The Morgan fingerprint density at radius 3 is 2.04 bits per heavy atom. The van der Waals surface area contributed by atoms with Crippen LogP contribution < -0.4 is 16.4 Å². The van der Waals surface area contributed by atoms with Crippen LogP contribution in [0.25, 0.3) is 0 Å². The summed E-state index contributed by atoms with van der Waals surface area (Å²) in [6.07, 6.45) is 1.60. The summed E-state index contributed by atoms with van der Waals surface area (Å²) in [5.74, 6) is 0.236. The van der Waals surface area contributed by atoms with Crippen molar-refractivity contribution in [2.24, 2.45) is 5.73 Å². The minimum Gasteiger partial charge on any atom is -0.463 e. The van der Waals surface area contributed by atoms with Crippen molar-refractivity contribution in [3.63, 3.8) is 0 Å². The average Bonchev–Trinajstić information content (AvgIpc) is 3.17. The maximum atomic E-state index is 12.6. The van der Waals surface area contributed by atoms with E-state index in [-0.39, 0.29) is 6.04 Å². The maximum absolute atomic E-state index is 12.6. The molecular formula is C20H20N3O3+. The molecular weight excluding hydrogens is 330 g/mol. The van der Waals surface area contributed by atoms with Crippen molar-refractivity contribution in [1.29, 1.82) is 0 Å². The molecule has 6 nitrogen and oxygen atoms in total. The largest absolute Gasteiger partial charge is 0.463 e. The predicted molar refractivity (Wildman–Crippen MR) is 95.8 cm³/mol. The molecule has 3 aromatic rings. The standard InChI is InChI=1S/C20H19N3O3/c21-20(25)23-19(24)18(15-10-5-2-6-11-15)22-17(16-12-7-13-26-16)14-8-3-1-4-9-14/h1-13,17-18,22H,(H3,21,23,24,25)/p+1/t17-,18-/m1/s1. The number of amides is 3. The summed E-state index contributed by atoms with van der Waals surface area (Å²) in [5, 5.41) is 4.04. The lowest BCUT2D eigenvalue weighted by Crippen LogP contribution is -2.88. The van der Waals surface area contributed by atoms with Gasteiger partial charge in [0.2, 0.25) is 0 Å². The number of carbonyl (C=O) groups excluding carboxylic acids is 2. The molecule has 3 rings (SSSR count). The van der Waals surface area contributed by atoms with Gasteiger partial charge in [0.1, 0.15) is 0 Å². The number of nitrogens with two attached hydrogens (primary N) is 2. The second-order valence-corrected chi connectivity index (χ2v) is 5.84. The highest BCUT2D eigenvalue weighted by atomic mass is 16.3. The number of hydrogen-bond donors (Lipinski definition) is 3. The van der Waals surface area contributed by atoms with Crippen LogP contribution in [0.1, 0.15) is 29.0 Å². The van der Waals surface area contributed by atoms with Crippen LogP contribution in [0, 0.1) is 0 Å². The third kappa shape index (κ3) is 4.17. The van der Waals surface area contributed by atoms with Gasteiger partial charge in [-0.2, -0.15) is 0 Å². The summed E-state index contributed by atoms with van der Waals surface area (Å²) in [5.41, 5.74) is 6.89. The van der Waals surface area contributed by atoms with Gasteiger partial charge in [-0.25, -0.2) is 4.79 Å². The van der Waals surface area contributed by atoms with Gasteiger partial charge in [-0.3, -0.25) is 10.1 Å². The highest BCUT2D eigenvalue weighted by molar-refractivity contribution is 5.96. The normalized spacial score (nSPS) is 12.9. The van der Waals surface area contributed by atoms with Crippen molar-refractivity contribution in [2.75, 3.05) is 0 Å². The van der Waals surface area contributed by atoms with E-state index in [1.54, 1.807) is 12.3 Å². The van der Waals surface area contributed by atoms with Gasteiger partial charge in [-0.05, 0) is 12.1 Å². The molecule has 3 amide bonds. The Labute approximate surface area is 151 Å². The summed E-state index contributed by atoms with van der Waals surface area (Å²) in [6.45, 7) is 0. The lowest BCUT2D eigenvalue weighted by Gasteiger charge is -2.21. The van der Waals surface area contributed by atoms with Gasteiger partial charge in [0.05, 0.1) is 6.26 Å². The van der Waals surface area contributed by atoms with E-state index in [0.717, 1.165) is 11.1 Å². The molecule has 0 fully saturated rings. The van der Waals surface area contributed by atoms with E-state index < -0.39 is 18.0 Å². The Morgan fingerprint density at radius 2 is 1.50 bits per heavy atom. The van der Waals surface area contributed by atoms with E-state index in [2.05, 4.69) is 5.32 Å². The van der Waals surface area contributed by atoms with E-state index in [9.17, 15) is 9.59 Å². The minimum absolute atomic E-state index is 0.255. The SMILES string of the molecule is NC(=O)NC(=O)[C@H]([NH2+][C@H](c1ccccc1)c1ccco1)c1ccccc1. The van der Waals surface area contributed by atoms with Gasteiger partial charge in [0.25, 0.3) is 5.91 Å². The van der Waals surface area contributed by atoms with E-state index in [0.29, 0.717) is 5.76 Å². The summed E-state index contributed by atoms with van der Waals surface area (Å²) in [4.78, 5) is 23.8. The zero-order valence-electron chi connectivity index (χ0n) is 14.0. The van der Waals surface area contributed by atoms with Crippen molar-refractivity contribution in [1.82, 2.24) is 5.32 Å². The average molecular weight is 350 g/mol. The van der Waals surface area contributed by atoms with Gasteiger partial charge in [0, 0.05) is 11.1 Å². The lowest BCUT2D eigenvalue weighted by molar-refractivity contribution is -0.715. The van der Waals surface area contributed by atoms with Crippen LogP contribution in [0.2, 0.25) is 0 Å². The fourth-order valence-corrected chi connectivity index (χ4v) is 2.90. The Kier molecular flexibility index (Phi) is 5.46. The fraction of sp³-hybridized carbons (Fsp3) is 0.100. The third-order valence-electron chi connectivity index (χ3n) is 4.08. The molecule has 1 heterocycles. The minimum atomic E-state index is -0.876. The number of hydrogen-bond acceptors (Lipinski definition) is 3. The van der Waals surface area contributed by atoms with Crippen molar-refractivity contribution in [2.45, 2.75) is 12.1 Å². The molecule has 0 saturated heterocycles. The number of imide groups is 1. The van der Waals surface area contributed by atoms with Crippen molar-refractivity contribution in [3.8, 4) is 0 Å². The van der Waals surface area contributed by atoms with Crippen LogP contribution in [0.3, 0.4) is 0 Å². The predicted octanol–water partition coefficient (Wildman–Crippen LogP) is 1.87. The Balaban J connectivity index is 1.97. The molecule has 6 heteroatoms. The third-order valence-corrected chi connectivity index (χ3v) is 4.08. The highest BCUT2D eigenvalue weighted by Crippen LogP contribution is 2.20. The van der Waals surface area contributed by atoms with Crippen molar-refractivity contribution >= 4 is 11.9 Å². The number of carbonyl (C=O) groups is 2. The number of nitrogens with one attached hydrogen (secondary N) is 1. The number of rotatable bonds is 6. The molecule has 2 aromatic carbocycles. The first-order chi connectivity index (χ1) is 12.6. The molecule has 0 aliphatic heterocycles. The van der Waals surface area contributed by atoms with Gasteiger partial charge in [-0.1, -0.05) is 60.7 Å². The summed E-state index contributed by atoms with van der Waals surface area (Å²) < 4.78 is 5.59. The first-order valence-electron chi connectivity index (χ1n) is 8.23. The molecule has 26 heavy (non-hydrogen) atoms. The second kappa shape index (κ2) is 8.13. The smallest absolute Gasteiger partial charge is 0.319 e. The Hall–Kier alpha value is -3.38. The number of quaternary nitrogens is 1. The van der Waals surface area contributed by atoms with Crippen molar-refractivity contribution < 1.29 is 19.3 Å². The molecule has 1 aromatic heterocycles. The molecule has 0 bridgehead atoms. The van der Waals surface area contributed by atoms with Gasteiger partial charge in [-0.15, -0.1) is 0 Å². The first-order valence-corrected chi connectivity index (χ1v) is 8.23. The van der Waals surface area contributed by atoms with E-state index in [1.807, 2.05) is 72.0 Å². The first kappa shape index (κ1) is 17.4. The molecule has 0 saturated carbocycles. The maximum Gasteiger partial charge on any atom is 0.319 e. The molecule has 0 aliphatic rings. The summed E-state index contributed by atoms with van der Waals surface area (Å²) in [6, 6.07) is 20.8. The molecule has 0 aliphatic carbocycles. The number of primary amides is 1. The van der Waals surface area contributed by atoms with Crippen LogP contribution in [0.5, 0.6) is 0 Å². The Morgan fingerprint density at radius 1 is 0.885 bits per heavy atom. The summed E-state index contributed by atoms with van der Waals surface area (Å²) in [7, 11) is 0. The molecule has 5 N–H and O–H groups in total. The molecule has 2 atom stereocenters. The van der Waals surface area contributed by atoms with E-state index >= 15 is 0 Å². The van der Waals surface area contributed by atoms with Crippen LogP contribution in [0.4, 0.5) is 4.79 Å². The van der Waals surface area contributed by atoms with Gasteiger partial charge >= 0.3 is 6.03 Å². The van der Waals surface area contributed by atoms with Crippen LogP contribution in [-0.2, 0) is 4.79 Å². The fourth-order valence-electron chi connectivity index (χ4n) is 2.90. The zero-order valence-corrected chi connectivity index (χ0v) is 14.0. The topological polar surface area (TPSA) is 102 Å². The highest BCUT2D eigenvalue weighted by Gasteiger charge is 2.31. The van der Waals surface area contributed by atoms with Crippen molar-refractivity contribution in [3.05, 3.63) is 95.9 Å². The number of urea groups is 1. The van der Waals surface area contributed by atoms with Gasteiger partial charge in [0.15, 0.2) is 17.8 Å². The molecule has 0 unspecified atom stereocenters. The lowest BCUT2D eigenvalue weighted by atomic mass is 10.00. The van der Waals surface area contributed by atoms with Crippen LogP contribution in [0.15, 0.2) is 83.5 Å². The van der Waals surface area contributed by atoms with Crippen LogP contribution >= 0.6 is 0 Å². The van der Waals surface area contributed by atoms with E-state index in [1.165, 1.54) is 0 Å². The summed E-state index contributed by atoms with van der Waals surface area (Å²) >= 11 is 0. The number of benzene rings is 2. The van der Waals surface area contributed by atoms with E-state index in [4.69, 9.17) is 10.2 Å². The van der Waals surface area contributed by atoms with Crippen LogP contribution in [-0.4, -0.2) is 11.9 Å².